The number of β-lactam (4-membered cyclic amide) rings is 1. The summed E-state index contributed by atoms with van der Waals surface area (Å²) in [6, 6.07) is 13.3. The molecule has 0 aliphatic carbocycles. The van der Waals surface area contributed by atoms with Crippen LogP contribution in [0.2, 0.25) is 0 Å². The van der Waals surface area contributed by atoms with Crippen LogP contribution in [-0.2, 0) is 23.9 Å². The molecule has 2 amide bonds. The van der Waals surface area contributed by atoms with Gasteiger partial charge >= 0.3 is 5.97 Å². The minimum Gasteiger partial charge on any atom is -0.509 e. The molecule has 1 heterocycles. The molecule has 202 valence electrons. The van der Waals surface area contributed by atoms with E-state index in [1.165, 1.54) is 24.3 Å². The van der Waals surface area contributed by atoms with Gasteiger partial charge < -0.3 is 19.9 Å². The number of carbonyl (C=O) groups excluding carboxylic acids is 5. The van der Waals surface area contributed by atoms with Crippen molar-refractivity contribution >= 4 is 72.8 Å². The lowest BCUT2D eigenvalue weighted by Gasteiger charge is -2.45. The first-order chi connectivity index (χ1) is 18.7. The normalized spacial score (nSPS) is 16.7. The number of rotatable bonds is 12. The lowest BCUT2D eigenvalue weighted by atomic mass is 10.1. The molecule has 1 fully saturated rings. The van der Waals surface area contributed by atoms with Gasteiger partial charge in [-0.3, -0.25) is 24.1 Å². The van der Waals surface area contributed by atoms with Crippen molar-refractivity contribution in [2.24, 2.45) is 0 Å². The van der Waals surface area contributed by atoms with Gasteiger partial charge in [-0.2, -0.15) is 5.26 Å². The van der Waals surface area contributed by atoms with Crippen LogP contribution < -0.4 is 10.1 Å². The number of hydrogen-bond acceptors (Lipinski definition) is 10. The summed E-state index contributed by atoms with van der Waals surface area (Å²) in [5.41, 5.74) is 0.319. The fourth-order valence-electron chi connectivity index (χ4n) is 3.41. The second-order valence-corrected chi connectivity index (χ2v) is 10.1. The fraction of sp³-hybridized carbons (Fsp3) is 0.200. The average molecular weight is 681 g/mol. The van der Waals surface area contributed by atoms with Crippen LogP contribution in [0.1, 0.15) is 15.9 Å². The maximum atomic E-state index is 13.0. The summed E-state index contributed by atoms with van der Waals surface area (Å²) in [5, 5.41) is 20.6. The maximum absolute atomic E-state index is 13.0. The van der Waals surface area contributed by atoms with E-state index in [0.717, 1.165) is 9.37 Å². The number of benzene rings is 2. The van der Waals surface area contributed by atoms with Crippen molar-refractivity contribution in [2.45, 2.75) is 11.4 Å². The van der Waals surface area contributed by atoms with Crippen LogP contribution in [0.4, 0.5) is 0 Å². The molecule has 0 saturated carbocycles. The molecule has 11 nitrogen and oxygen atoms in total. The van der Waals surface area contributed by atoms with Crippen LogP contribution in [0.3, 0.4) is 0 Å². The van der Waals surface area contributed by atoms with Gasteiger partial charge in [0.25, 0.3) is 11.8 Å². The van der Waals surface area contributed by atoms with E-state index < -0.39 is 59.7 Å². The number of ether oxygens (including phenoxy) is 2. The van der Waals surface area contributed by atoms with E-state index in [0.29, 0.717) is 17.4 Å². The highest BCUT2D eigenvalue weighted by Gasteiger charge is 2.53. The number of ketones is 1. The summed E-state index contributed by atoms with van der Waals surface area (Å²) < 4.78 is 11.2. The fourth-order valence-corrected chi connectivity index (χ4v) is 4.73. The molecule has 0 bridgehead atoms. The van der Waals surface area contributed by atoms with Crippen molar-refractivity contribution in [2.75, 3.05) is 18.5 Å². The third-order valence-corrected chi connectivity index (χ3v) is 7.19. The largest absolute Gasteiger partial charge is 0.509 e. The van der Waals surface area contributed by atoms with Crippen molar-refractivity contribution in [1.29, 1.82) is 5.26 Å². The van der Waals surface area contributed by atoms with Gasteiger partial charge in [-0.05, 0) is 24.3 Å². The monoisotopic (exact) mass is 679 g/mol. The summed E-state index contributed by atoms with van der Waals surface area (Å²) in [4.78, 5) is 62.8. The first kappa shape index (κ1) is 29.9. The standard InChI is InChI=1S/C25H19Br2N3O8S/c26-9-17(32)22(25(36)38-11-18(33)14-5-7-16(27)8-6-14)30-23(35)21(24(30)39-13-31)29-20(34)12-37-19-4-2-1-3-15(19)10-28/h1-8,13,21,24,32H,9,11-12H2,(H,29,34). The van der Waals surface area contributed by atoms with Gasteiger partial charge in [-0.1, -0.05) is 67.9 Å². The number of nitriles is 1. The number of Topliss-reactive ketones (excluding diaryl/α,β-unsaturated/α-hetero) is 1. The van der Waals surface area contributed by atoms with Crippen LogP contribution >= 0.6 is 43.6 Å². The Bertz CT molecular complexity index is 1360. The number of nitrogens with one attached hydrogen (secondary N) is 1. The van der Waals surface area contributed by atoms with Crippen molar-refractivity contribution in [3.8, 4) is 11.8 Å². The number of amides is 2. The Kier molecular flexibility index (Phi) is 10.7. The molecule has 1 aliphatic rings. The Labute approximate surface area is 243 Å². The predicted molar refractivity (Wildman–Crippen MR) is 146 cm³/mol. The minimum atomic E-state index is -1.24. The number of halogens is 2. The molecule has 2 unspecified atom stereocenters. The van der Waals surface area contributed by atoms with Crippen molar-refractivity contribution in [3.05, 3.63) is 75.6 Å². The van der Waals surface area contributed by atoms with Gasteiger partial charge in [0, 0.05) is 10.0 Å². The summed E-state index contributed by atoms with van der Waals surface area (Å²) in [7, 11) is 0. The highest BCUT2D eigenvalue weighted by Crippen LogP contribution is 2.34. The Morgan fingerprint density at radius 2 is 1.85 bits per heavy atom. The van der Waals surface area contributed by atoms with Gasteiger partial charge in [-0.15, -0.1) is 0 Å². The number of allylic oxidation sites excluding steroid dienone is 1. The van der Waals surface area contributed by atoms with Crippen LogP contribution in [0.5, 0.6) is 5.75 Å². The van der Waals surface area contributed by atoms with E-state index in [4.69, 9.17) is 14.7 Å². The summed E-state index contributed by atoms with van der Waals surface area (Å²) in [6.07, 6.45) is 0. The van der Waals surface area contributed by atoms with E-state index in [-0.39, 0.29) is 22.2 Å². The number of alkyl halides is 1. The number of thioether (sulfide) groups is 1. The molecule has 3 rings (SSSR count). The molecule has 1 aliphatic heterocycles. The summed E-state index contributed by atoms with van der Waals surface area (Å²) >= 11 is 6.84. The maximum Gasteiger partial charge on any atom is 0.359 e. The van der Waals surface area contributed by atoms with Crippen LogP contribution in [0, 0.1) is 11.3 Å². The Morgan fingerprint density at radius 3 is 2.49 bits per heavy atom. The second kappa shape index (κ2) is 13.9. The van der Waals surface area contributed by atoms with Gasteiger partial charge in [0.05, 0.1) is 10.9 Å². The molecule has 39 heavy (non-hydrogen) atoms. The number of aliphatic hydroxyl groups excluding tert-OH is 1. The van der Waals surface area contributed by atoms with Crippen LogP contribution in [0.25, 0.3) is 0 Å². The van der Waals surface area contributed by atoms with Crippen LogP contribution in [-0.4, -0.2) is 69.2 Å². The van der Waals surface area contributed by atoms with E-state index >= 15 is 0 Å². The molecule has 0 aromatic heterocycles. The Hall–Kier alpha value is -3.67. The lowest BCUT2D eigenvalue weighted by molar-refractivity contribution is -0.152. The molecular weight excluding hydrogens is 662 g/mol. The van der Waals surface area contributed by atoms with Gasteiger partial charge in [0.1, 0.15) is 29.0 Å². The molecule has 1 saturated heterocycles. The predicted octanol–water partition coefficient (Wildman–Crippen LogP) is 2.87. The third-order valence-electron chi connectivity index (χ3n) is 5.26. The van der Waals surface area contributed by atoms with E-state index in [2.05, 4.69) is 37.2 Å². The number of hydrogen-bond donors (Lipinski definition) is 2. The van der Waals surface area contributed by atoms with E-state index in [1.807, 2.05) is 6.07 Å². The summed E-state index contributed by atoms with van der Waals surface area (Å²) in [6.45, 7) is -1.20. The third kappa shape index (κ3) is 7.25. The smallest absolute Gasteiger partial charge is 0.359 e. The van der Waals surface area contributed by atoms with Gasteiger partial charge in [-0.25, -0.2) is 4.79 Å². The number of nitrogens with zero attached hydrogens (tertiary/aromatic N) is 2. The SMILES string of the molecule is N#Cc1ccccc1OCC(=O)NC1C(=O)N(C(C(=O)OCC(=O)c2ccc(Br)cc2)=C(O)CBr)C1SC=O. The summed E-state index contributed by atoms with van der Waals surface area (Å²) in [5.74, 6) is -3.64. The first-order valence-electron chi connectivity index (χ1n) is 11.0. The van der Waals surface area contributed by atoms with E-state index in [1.54, 1.807) is 24.3 Å². The molecule has 14 heteroatoms. The second-order valence-electron chi connectivity index (χ2n) is 7.71. The number of carbonyl (C=O) groups is 5. The average Bonchev–Trinajstić information content (AvgIpc) is 2.95. The Balaban J connectivity index is 1.69. The zero-order chi connectivity index (χ0) is 28.5. The Morgan fingerprint density at radius 1 is 1.15 bits per heavy atom. The molecule has 2 aromatic rings. The minimum absolute atomic E-state index is 0.170. The van der Waals surface area contributed by atoms with Gasteiger partial charge in [0.2, 0.25) is 0 Å². The number of esters is 1. The van der Waals surface area contributed by atoms with Crippen LogP contribution in [0.15, 0.2) is 64.5 Å². The van der Waals surface area contributed by atoms with Gasteiger partial charge in [0.15, 0.2) is 30.3 Å². The highest BCUT2D eigenvalue weighted by atomic mass is 79.9. The molecule has 2 aromatic carbocycles. The van der Waals surface area contributed by atoms with E-state index in [9.17, 15) is 29.1 Å². The number of para-hydroxylation sites is 1. The van der Waals surface area contributed by atoms with Crippen molar-refractivity contribution in [3.63, 3.8) is 0 Å². The molecule has 2 N–H and O–H groups in total. The van der Waals surface area contributed by atoms with Crippen molar-refractivity contribution in [1.82, 2.24) is 10.2 Å². The number of aliphatic hydroxyl groups is 1. The molecule has 0 radical (unpaired) electrons. The zero-order valence-corrected chi connectivity index (χ0v) is 23.8. The first-order valence-corrected chi connectivity index (χ1v) is 13.8. The zero-order valence-electron chi connectivity index (χ0n) is 19.8. The topological polar surface area (TPSA) is 163 Å². The number of likely N-dealkylation sites (tertiary alicyclic amines) is 1. The quantitative estimate of drug-likeness (QED) is 0.0648. The molecular formula is C25H19Br2N3O8S. The lowest BCUT2D eigenvalue weighted by Crippen LogP contribution is -2.70. The molecule has 0 spiro atoms. The highest BCUT2D eigenvalue weighted by molar-refractivity contribution is 9.10. The molecule has 2 atom stereocenters. The van der Waals surface area contributed by atoms with Crippen molar-refractivity contribution < 1.29 is 38.6 Å².